The third-order valence-corrected chi connectivity index (χ3v) is 1.89. The second kappa shape index (κ2) is 5.48. The lowest BCUT2D eigenvalue weighted by Gasteiger charge is -2.13. The highest BCUT2D eigenvalue weighted by Crippen LogP contribution is 2.02. The maximum absolute atomic E-state index is 3.95. The average Bonchev–Trinajstić information content (AvgIpc) is 1.99. The maximum atomic E-state index is 3.95. The molecule has 0 atom stereocenters. The summed E-state index contributed by atoms with van der Waals surface area (Å²) < 4.78 is 0. The molecule has 0 fully saturated rings. The molecule has 0 spiro atoms. The van der Waals surface area contributed by atoms with Gasteiger partial charge >= 0.3 is 0 Å². The first kappa shape index (κ1) is 9.70. The van der Waals surface area contributed by atoms with Crippen LogP contribution in [0.4, 0.5) is 0 Å². The normalized spacial score (nSPS) is 10.4. The highest BCUT2D eigenvalue weighted by Gasteiger charge is 1.94. The van der Waals surface area contributed by atoms with Crippen LogP contribution in [-0.4, -0.2) is 25.0 Å². The average molecular weight is 141 g/mol. The fourth-order valence-electron chi connectivity index (χ4n) is 0.684. The van der Waals surface area contributed by atoms with Gasteiger partial charge in [-0.3, -0.25) is 0 Å². The van der Waals surface area contributed by atoms with Crippen molar-refractivity contribution in [3.8, 4) is 0 Å². The number of hydrogen-bond acceptors (Lipinski definition) is 1. The molecule has 0 unspecified atom stereocenters. The molecule has 0 radical (unpaired) electrons. The molecule has 1 nitrogen and oxygen atoms in total. The van der Waals surface area contributed by atoms with Gasteiger partial charge in [0.1, 0.15) is 0 Å². The summed E-state index contributed by atoms with van der Waals surface area (Å²) in [5.41, 5.74) is 1.36. The van der Waals surface area contributed by atoms with E-state index in [4.69, 9.17) is 0 Å². The monoisotopic (exact) mass is 141 g/mol. The van der Waals surface area contributed by atoms with Crippen LogP contribution >= 0.6 is 0 Å². The molecule has 0 aliphatic rings. The molecule has 0 aliphatic carbocycles. The van der Waals surface area contributed by atoms with Crippen molar-refractivity contribution in [1.29, 1.82) is 0 Å². The summed E-state index contributed by atoms with van der Waals surface area (Å²) in [5, 5.41) is 0. The van der Waals surface area contributed by atoms with E-state index in [2.05, 4.69) is 32.4 Å². The van der Waals surface area contributed by atoms with Gasteiger partial charge in [0.15, 0.2) is 0 Å². The van der Waals surface area contributed by atoms with Crippen LogP contribution in [0, 0.1) is 0 Å². The van der Waals surface area contributed by atoms with Gasteiger partial charge in [-0.2, -0.15) is 0 Å². The zero-order chi connectivity index (χ0) is 7.98. The summed E-state index contributed by atoms with van der Waals surface area (Å²) >= 11 is 0. The van der Waals surface area contributed by atoms with Crippen molar-refractivity contribution in [3.05, 3.63) is 12.2 Å². The topological polar surface area (TPSA) is 3.24 Å². The van der Waals surface area contributed by atoms with Gasteiger partial charge in [0.2, 0.25) is 0 Å². The molecular formula is C9H19N. The summed E-state index contributed by atoms with van der Waals surface area (Å²) in [6.45, 7) is 10.6. The highest BCUT2D eigenvalue weighted by atomic mass is 15.1. The number of nitrogens with zero attached hydrogens (tertiary/aromatic N) is 1. The van der Waals surface area contributed by atoms with Crippen LogP contribution in [0.5, 0.6) is 0 Å². The summed E-state index contributed by atoms with van der Waals surface area (Å²) in [5.74, 6) is 0. The first-order chi connectivity index (χ1) is 4.70. The van der Waals surface area contributed by atoms with Gasteiger partial charge in [-0.25, -0.2) is 0 Å². The molecule has 1 heteroatoms. The van der Waals surface area contributed by atoms with Crippen molar-refractivity contribution in [3.63, 3.8) is 0 Å². The molecular weight excluding hydrogens is 122 g/mol. The van der Waals surface area contributed by atoms with Crippen LogP contribution in [0.15, 0.2) is 12.2 Å². The summed E-state index contributed by atoms with van der Waals surface area (Å²) in [6.07, 6.45) is 2.28. The summed E-state index contributed by atoms with van der Waals surface area (Å²) in [6, 6.07) is 0. The van der Waals surface area contributed by atoms with E-state index in [1.165, 1.54) is 5.57 Å². The molecule has 0 aromatic heterocycles. The van der Waals surface area contributed by atoms with Gasteiger partial charge in [-0.1, -0.05) is 26.0 Å². The molecule has 0 aliphatic heterocycles. The molecule has 0 saturated heterocycles. The van der Waals surface area contributed by atoms with E-state index in [9.17, 15) is 0 Å². The molecule has 0 aromatic carbocycles. The van der Waals surface area contributed by atoms with E-state index in [0.717, 1.165) is 25.9 Å². The molecule has 0 aromatic rings. The van der Waals surface area contributed by atoms with Gasteiger partial charge in [0.25, 0.3) is 0 Å². The van der Waals surface area contributed by atoms with Gasteiger partial charge in [0.05, 0.1) is 0 Å². The van der Waals surface area contributed by atoms with Crippen molar-refractivity contribution in [2.75, 3.05) is 20.1 Å². The van der Waals surface area contributed by atoms with E-state index in [1.807, 2.05) is 0 Å². The Morgan fingerprint density at radius 1 is 1.40 bits per heavy atom. The van der Waals surface area contributed by atoms with E-state index < -0.39 is 0 Å². The van der Waals surface area contributed by atoms with E-state index in [1.54, 1.807) is 0 Å². The van der Waals surface area contributed by atoms with Gasteiger partial charge in [-0.15, -0.1) is 0 Å². The minimum absolute atomic E-state index is 1.12. The van der Waals surface area contributed by atoms with Crippen molar-refractivity contribution >= 4 is 0 Å². The first-order valence-electron chi connectivity index (χ1n) is 4.05. The van der Waals surface area contributed by atoms with E-state index in [-0.39, 0.29) is 0 Å². The van der Waals surface area contributed by atoms with E-state index in [0.29, 0.717) is 0 Å². The van der Waals surface area contributed by atoms with Crippen molar-refractivity contribution in [2.45, 2.75) is 26.7 Å². The second-order valence-corrected chi connectivity index (χ2v) is 2.75. The zero-order valence-corrected chi connectivity index (χ0v) is 7.48. The minimum Gasteiger partial charge on any atom is -0.306 e. The van der Waals surface area contributed by atoms with Crippen molar-refractivity contribution < 1.29 is 0 Å². The third-order valence-electron chi connectivity index (χ3n) is 1.89. The van der Waals surface area contributed by atoms with Gasteiger partial charge < -0.3 is 4.90 Å². The van der Waals surface area contributed by atoms with Crippen molar-refractivity contribution in [2.24, 2.45) is 0 Å². The van der Waals surface area contributed by atoms with Crippen LogP contribution in [0.2, 0.25) is 0 Å². The second-order valence-electron chi connectivity index (χ2n) is 2.75. The number of rotatable bonds is 5. The van der Waals surface area contributed by atoms with Crippen LogP contribution in [0.3, 0.4) is 0 Å². The molecule has 10 heavy (non-hydrogen) atoms. The Bertz CT molecular complexity index is 96.9. The molecule has 0 heterocycles. The minimum atomic E-state index is 1.12. The van der Waals surface area contributed by atoms with Gasteiger partial charge in [-0.05, 0) is 26.4 Å². The lowest BCUT2D eigenvalue weighted by atomic mass is 10.1. The zero-order valence-electron chi connectivity index (χ0n) is 7.48. The Morgan fingerprint density at radius 3 is 2.40 bits per heavy atom. The Morgan fingerprint density at radius 2 is 2.00 bits per heavy atom. The standard InChI is InChI=1S/C9H19N/c1-5-9(3)7-8-10(4)6-2/h3,5-8H2,1-2,4H3. The summed E-state index contributed by atoms with van der Waals surface area (Å²) in [7, 11) is 2.14. The van der Waals surface area contributed by atoms with Crippen molar-refractivity contribution in [1.82, 2.24) is 4.90 Å². The number of hydrogen-bond donors (Lipinski definition) is 0. The fraction of sp³-hybridized carbons (Fsp3) is 0.778. The fourth-order valence-corrected chi connectivity index (χ4v) is 0.684. The van der Waals surface area contributed by atoms with Crippen LogP contribution in [0.25, 0.3) is 0 Å². The largest absolute Gasteiger partial charge is 0.306 e. The van der Waals surface area contributed by atoms with Crippen LogP contribution in [0.1, 0.15) is 26.7 Å². The van der Waals surface area contributed by atoms with E-state index >= 15 is 0 Å². The third kappa shape index (κ3) is 4.57. The maximum Gasteiger partial charge on any atom is 0.00153 e. The first-order valence-corrected chi connectivity index (χ1v) is 4.05. The molecule has 0 saturated carbocycles. The summed E-state index contributed by atoms with van der Waals surface area (Å²) in [4.78, 5) is 2.31. The van der Waals surface area contributed by atoms with Crippen LogP contribution in [-0.2, 0) is 0 Å². The lowest BCUT2D eigenvalue weighted by Crippen LogP contribution is -2.18. The molecule has 0 rings (SSSR count). The Balaban J connectivity index is 3.26. The molecule has 60 valence electrons. The molecule has 0 bridgehead atoms. The Hall–Kier alpha value is -0.300. The Kier molecular flexibility index (Phi) is 5.32. The Labute approximate surface area is 64.7 Å². The molecule has 0 amide bonds. The molecule has 0 N–H and O–H groups in total. The SMILES string of the molecule is C=C(CC)CCN(C)CC. The smallest absolute Gasteiger partial charge is 0.00153 e. The quantitative estimate of drug-likeness (QED) is 0.531. The van der Waals surface area contributed by atoms with Gasteiger partial charge in [0, 0.05) is 6.54 Å². The predicted molar refractivity (Wildman–Crippen MR) is 47.2 cm³/mol. The predicted octanol–water partition coefficient (Wildman–Crippen LogP) is 2.29. The van der Waals surface area contributed by atoms with Crippen LogP contribution < -0.4 is 0 Å². The lowest BCUT2D eigenvalue weighted by molar-refractivity contribution is 0.356. The highest BCUT2D eigenvalue weighted by molar-refractivity contribution is 4.92.